The summed E-state index contributed by atoms with van der Waals surface area (Å²) < 4.78 is 16.3. The fourth-order valence-corrected chi connectivity index (χ4v) is 2.13. The molecule has 0 aliphatic rings. The normalized spacial score (nSPS) is 10.1. The lowest BCUT2D eigenvalue weighted by Gasteiger charge is -2.16. The van der Waals surface area contributed by atoms with Crippen molar-refractivity contribution in [2.24, 2.45) is 0 Å². The quantitative estimate of drug-likeness (QED) is 0.881. The number of hydrogen-bond donors (Lipinski definition) is 1. The number of nitrogens with zero attached hydrogens (tertiary/aromatic N) is 2. The van der Waals surface area contributed by atoms with Crippen LogP contribution in [0, 0.1) is 0 Å². The number of ether oxygens (including phenoxy) is 3. The van der Waals surface area contributed by atoms with Gasteiger partial charge in [-0.2, -0.15) is 0 Å². The van der Waals surface area contributed by atoms with E-state index < -0.39 is 0 Å². The molecule has 21 heavy (non-hydrogen) atoms. The van der Waals surface area contributed by atoms with Gasteiger partial charge in [-0.25, -0.2) is 9.97 Å². The Bertz CT molecular complexity index is 617. The number of anilines is 1. The minimum absolute atomic E-state index is 0.575. The first-order chi connectivity index (χ1) is 10.3. The van der Waals surface area contributed by atoms with Gasteiger partial charge in [-0.05, 0) is 19.1 Å². The molecule has 6 nitrogen and oxygen atoms in total. The molecule has 1 aromatic heterocycles. The van der Waals surface area contributed by atoms with E-state index in [0.29, 0.717) is 28.8 Å². The highest BCUT2D eigenvalue weighted by molar-refractivity contribution is 5.78. The Kier molecular flexibility index (Phi) is 4.81. The molecule has 0 fully saturated rings. The minimum atomic E-state index is 0.575. The summed E-state index contributed by atoms with van der Waals surface area (Å²) in [6, 6.07) is 5.62. The standard InChI is InChI=1S/C15H19N3O3/c1-5-16-15-14(21-4)12(17-9-18-15)10-7-6-8-11(19-2)13(10)20-3/h6-9H,5H2,1-4H3,(H,16,17,18). The lowest BCUT2D eigenvalue weighted by atomic mass is 10.1. The zero-order chi connectivity index (χ0) is 15.2. The second kappa shape index (κ2) is 6.78. The van der Waals surface area contributed by atoms with Crippen molar-refractivity contribution in [1.29, 1.82) is 0 Å². The van der Waals surface area contributed by atoms with Crippen LogP contribution in [0.25, 0.3) is 11.3 Å². The van der Waals surface area contributed by atoms with Crippen molar-refractivity contribution in [1.82, 2.24) is 9.97 Å². The molecule has 0 atom stereocenters. The molecule has 1 aromatic carbocycles. The second-order valence-corrected chi connectivity index (χ2v) is 4.18. The highest BCUT2D eigenvalue weighted by Crippen LogP contribution is 2.42. The third-order valence-electron chi connectivity index (χ3n) is 3.01. The molecule has 6 heteroatoms. The Morgan fingerprint density at radius 1 is 1.00 bits per heavy atom. The van der Waals surface area contributed by atoms with Gasteiger partial charge >= 0.3 is 0 Å². The van der Waals surface area contributed by atoms with Crippen LogP contribution in [0.15, 0.2) is 24.5 Å². The van der Waals surface area contributed by atoms with Crippen LogP contribution in [-0.4, -0.2) is 37.8 Å². The average molecular weight is 289 g/mol. The Morgan fingerprint density at radius 3 is 2.38 bits per heavy atom. The van der Waals surface area contributed by atoms with E-state index in [9.17, 15) is 0 Å². The van der Waals surface area contributed by atoms with Gasteiger partial charge in [0, 0.05) is 6.54 Å². The third-order valence-corrected chi connectivity index (χ3v) is 3.01. The highest BCUT2D eigenvalue weighted by Gasteiger charge is 2.19. The molecule has 112 valence electrons. The molecule has 0 spiro atoms. The summed E-state index contributed by atoms with van der Waals surface area (Å²) >= 11 is 0. The summed E-state index contributed by atoms with van der Waals surface area (Å²) in [6.07, 6.45) is 1.49. The number of rotatable bonds is 6. The van der Waals surface area contributed by atoms with E-state index in [-0.39, 0.29) is 0 Å². The van der Waals surface area contributed by atoms with Gasteiger partial charge < -0.3 is 19.5 Å². The van der Waals surface area contributed by atoms with Gasteiger partial charge in [0.2, 0.25) is 0 Å². The predicted molar refractivity (Wildman–Crippen MR) is 81.3 cm³/mol. The summed E-state index contributed by atoms with van der Waals surface area (Å²) in [7, 11) is 4.79. The maximum Gasteiger partial charge on any atom is 0.187 e. The fraction of sp³-hybridized carbons (Fsp3) is 0.333. The van der Waals surface area contributed by atoms with E-state index in [2.05, 4.69) is 15.3 Å². The van der Waals surface area contributed by atoms with Crippen LogP contribution >= 0.6 is 0 Å². The number of methoxy groups -OCH3 is 3. The molecule has 2 aromatic rings. The molecule has 0 bridgehead atoms. The Morgan fingerprint density at radius 2 is 1.76 bits per heavy atom. The molecule has 0 aliphatic heterocycles. The second-order valence-electron chi connectivity index (χ2n) is 4.18. The number of nitrogens with one attached hydrogen (secondary N) is 1. The smallest absolute Gasteiger partial charge is 0.187 e. The first kappa shape index (κ1) is 14.9. The van der Waals surface area contributed by atoms with E-state index in [1.807, 2.05) is 25.1 Å². The predicted octanol–water partition coefficient (Wildman–Crippen LogP) is 2.60. The van der Waals surface area contributed by atoms with Gasteiger partial charge in [0.1, 0.15) is 12.0 Å². The van der Waals surface area contributed by atoms with Crippen LogP contribution < -0.4 is 19.5 Å². The zero-order valence-corrected chi connectivity index (χ0v) is 12.6. The van der Waals surface area contributed by atoms with Crippen molar-refractivity contribution in [2.45, 2.75) is 6.92 Å². The van der Waals surface area contributed by atoms with E-state index in [1.54, 1.807) is 21.3 Å². The topological polar surface area (TPSA) is 65.5 Å². The van der Waals surface area contributed by atoms with Crippen LogP contribution in [0.3, 0.4) is 0 Å². The molecule has 0 radical (unpaired) electrons. The van der Waals surface area contributed by atoms with Crippen LogP contribution in [-0.2, 0) is 0 Å². The number of hydrogen-bond acceptors (Lipinski definition) is 6. The molecule has 0 aliphatic carbocycles. The Hall–Kier alpha value is -2.50. The summed E-state index contributed by atoms with van der Waals surface area (Å²) in [4.78, 5) is 8.54. The SMILES string of the molecule is CCNc1ncnc(-c2cccc(OC)c2OC)c1OC. The van der Waals surface area contributed by atoms with Crippen molar-refractivity contribution < 1.29 is 14.2 Å². The molecular weight excluding hydrogens is 270 g/mol. The largest absolute Gasteiger partial charge is 0.493 e. The van der Waals surface area contributed by atoms with E-state index >= 15 is 0 Å². The summed E-state index contributed by atoms with van der Waals surface area (Å²) in [5.41, 5.74) is 1.44. The number of para-hydroxylation sites is 1. The van der Waals surface area contributed by atoms with E-state index in [4.69, 9.17) is 14.2 Å². The van der Waals surface area contributed by atoms with Crippen molar-refractivity contribution in [3.63, 3.8) is 0 Å². The van der Waals surface area contributed by atoms with Gasteiger partial charge in [0.25, 0.3) is 0 Å². The van der Waals surface area contributed by atoms with Crippen LogP contribution in [0.4, 0.5) is 5.82 Å². The van der Waals surface area contributed by atoms with Crippen LogP contribution in [0.2, 0.25) is 0 Å². The van der Waals surface area contributed by atoms with E-state index in [0.717, 1.165) is 12.1 Å². The maximum atomic E-state index is 5.47. The van der Waals surface area contributed by atoms with Crippen LogP contribution in [0.1, 0.15) is 6.92 Å². The first-order valence-electron chi connectivity index (χ1n) is 6.61. The molecule has 2 rings (SSSR count). The molecule has 0 saturated heterocycles. The van der Waals surface area contributed by atoms with Crippen molar-refractivity contribution >= 4 is 5.82 Å². The molecule has 1 heterocycles. The lowest BCUT2D eigenvalue weighted by molar-refractivity contribution is 0.355. The highest BCUT2D eigenvalue weighted by atomic mass is 16.5. The molecule has 0 unspecified atom stereocenters. The van der Waals surface area contributed by atoms with Gasteiger partial charge in [0.15, 0.2) is 23.1 Å². The van der Waals surface area contributed by atoms with E-state index in [1.165, 1.54) is 6.33 Å². The lowest BCUT2D eigenvalue weighted by Crippen LogP contribution is -2.05. The fourth-order valence-electron chi connectivity index (χ4n) is 2.13. The summed E-state index contributed by atoms with van der Waals surface area (Å²) in [5.74, 6) is 2.47. The third kappa shape index (κ3) is 2.84. The van der Waals surface area contributed by atoms with Gasteiger partial charge in [0.05, 0.1) is 26.9 Å². The monoisotopic (exact) mass is 289 g/mol. The van der Waals surface area contributed by atoms with Crippen molar-refractivity contribution in [3.8, 4) is 28.5 Å². The first-order valence-corrected chi connectivity index (χ1v) is 6.61. The van der Waals surface area contributed by atoms with Crippen molar-refractivity contribution in [3.05, 3.63) is 24.5 Å². The van der Waals surface area contributed by atoms with Gasteiger partial charge in [-0.3, -0.25) is 0 Å². The van der Waals surface area contributed by atoms with Gasteiger partial charge in [-0.1, -0.05) is 6.07 Å². The number of aromatic nitrogens is 2. The molecule has 0 amide bonds. The molecule has 0 saturated carbocycles. The average Bonchev–Trinajstić information content (AvgIpc) is 2.54. The summed E-state index contributed by atoms with van der Waals surface area (Å²) in [5, 5.41) is 3.16. The number of benzene rings is 1. The molecule has 1 N–H and O–H groups in total. The Labute approximate surface area is 124 Å². The zero-order valence-electron chi connectivity index (χ0n) is 12.6. The summed E-state index contributed by atoms with van der Waals surface area (Å²) in [6.45, 7) is 2.73. The maximum absolute atomic E-state index is 5.47. The van der Waals surface area contributed by atoms with Crippen molar-refractivity contribution in [2.75, 3.05) is 33.2 Å². The van der Waals surface area contributed by atoms with Crippen LogP contribution in [0.5, 0.6) is 17.2 Å². The minimum Gasteiger partial charge on any atom is -0.493 e. The Balaban J connectivity index is 2.64. The molecular formula is C15H19N3O3. The van der Waals surface area contributed by atoms with Gasteiger partial charge in [-0.15, -0.1) is 0 Å².